The Balaban J connectivity index is 2.20. The summed E-state index contributed by atoms with van der Waals surface area (Å²) in [6.07, 6.45) is 1.39. The van der Waals surface area contributed by atoms with E-state index in [2.05, 4.69) is 4.98 Å². The van der Waals surface area contributed by atoms with Gasteiger partial charge in [0.1, 0.15) is 17.3 Å². The van der Waals surface area contributed by atoms with Crippen molar-refractivity contribution in [2.24, 2.45) is 0 Å². The standard InChI is InChI=1S/C15H14F3N3O/c1-20-3-2-4-21-14(7-20)13(8-22)19-15(21)9-5-11(17)12(18)6-10(9)16/h5-6,8H,2-4,7H2,1H3. The van der Waals surface area contributed by atoms with Crippen LogP contribution in [0.15, 0.2) is 12.1 Å². The molecule has 4 nitrogen and oxygen atoms in total. The first-order chi connectivity index (χ1) is 10.5. The third-order valence-corrected chi connectivity index (χ3v) is 3.81. The molecule has 1 aliphatic heterocycles. The molecule has 3 rings (SSSR count). The number of carbonyl (C=O) groups excluding carboxylic acids is 1. The Labute approximate surface area is 125 Å². The van der Waals surface area contributed by atoms with E-state index in [9.17, 15) is 18.0 Å². The van der Waals surface area contributed by atoms with Crippen molar-refractivity contribution in [1.29, 1.82) is 0 Å². The second-order valence-electron chi connectivity index (χ2n) is 5.37. The van der Waals surface area contributed by atoms with E-state index < -0.39 is 17.5 Å². The zero-order valence-corrected chi connectivity index (χ0v) is 11.9. The number of fused-ring (bicyclic) bond motifs is 1. The van der Waals surface area contributed by atoms with Crippen molar-refractivity contribution in [1.82, 2.24) is 14.5 Å². The van der Waals surface area contributed by atoms with Gasteiger partial charge in [0, 0.05) is 19.2 Å². The average molecular weight is 309 g/mol. The highest BCUT2D eigenvalue weighted by Crippen LogP contribution is 2.28. The predicted molar refractivity (Wildman–Crippen MR) is 73.9 cm³/mol. The normalized spacial score (nSPS) is 15.5. The molecule has 0 aliphatic carbocycles. The van der Waals surface area contributed by atoms with E-state index in [4.69, 9.17) is 0 Å². The Bertz CT molecular complexity index is 742. The lowest BCUT2D eigenvalue weighted by atomic mass is 10.2. The Kier molecular flexibility index (Phi) is 3.74. The van der Waals surface area contributed by atoms with Gasteiger partial charge in [-0.1, -0.05) is 0 Å². The average Bonchev–Trinajstić information content (AvgIpc) is 2.68. The van der Waals surface area contributed by atoms with E-state index in [0.29, 0.717) is 31.1 Å². The summed E-state index contributed by atoms with van der Waals surface area (Å²) in [6, 6.07) is 1.28. The van der Waals surface area contributed by atoms with Gasteiger partial charge in [0.05, 0.1) is 11.3 Å². The summed E-state index contributed by atoms with van der Waals surface area (Å²) in [5, 5.41) is 0. The van der Waals surface area contributed by atoms with Crippen LogP contribution in [-0.4, -0.2) is 34.3 Å². The molecule has 0 N–H and O–H groups in total. The molecule has 2 heterocycles. The highest BCUT2D eigenvalue weighted by Gasteiger charge is 2.24. The van der Waals surface area contributed by atoms with E-state index in [0.717, 1.165) is 19.0 Å². The highest BCUT2D eigenvalue weighted by atomic mass is 19.2. The van der Waals surface area contributed by atoms with E-state index in [1.54, 1.807) is 4.57 Å². The first-order valence-electron chi connectivity index (χ1n) is 6.89. The summed E-state index contributed by atoms with van der Waals surface area (Å²) in [7, 11) is 1.91. The van der Waals surface area contributed by atoms with Crippen LogP contribution >= 0.6 is 0 Å². The summed E-state index contributed by atoms with van der Waals surface area (Å²) >= 11 is 0. The Morgan fingerprint density at radius 2 is 1.86 bits per heavy atom. The summed E-state index contributed by atoms with van der Waals surface area (Å²) in [6.45, 7) is 1.85. The van der Waals surface area contributed by atoms with E-state index >= 15 is 0 Å². The molecule has 0 saturated heterocycles. The summed E-state index contributed by atoms with van der Waals surface area (Å²) in [5.41, 5.74) is 0.722. The van der Waals surface area contributed by atoms with Gasteiger partial charge in [-0.3, -0.25) is 4.79 Å². The Morgan fingerprint density at radius 3 is 2.59 bits per heavy atom. The monoisotopic (exact) mass is 309 g/mol. The predicted octanol–water partition coefficient (Wildman–Crippen LogP) is 2.62. The van der Waals surface area contributed by atoms with Crippen LogP contribution in [0.25, 0.3) is 11.4 Å². The van der Waals surface area contributed by atoms with E-state index in [1.807, 2.05) is 11.9 Å². The maximum absolute atomic E-state index is 14.0. The second kappa shape index (κ2) is 5.57. The maximum atomic E-state index is 14.0. The zero-order valence-electron chi connectivity index (χ0n) is 11.9. The van der Waals surface area contributed by atoms with Crippen LogP contribution < -0.4 is 0 Å². The van der Waals surface area contributed by atoms with Crippen molar-refractivity contribution in [3.63, 3.8) is 0 Å². The van der Waals surface area contributed by atoms with Crippen LogP contribution in [0.4, 0.5) is 13.2 Å². The number of benzene rings is 1. The van der Waals surface area contributed by atoms with Crippen molar-refractivity contribution in [2.45, 2.75) is 19.5 Å². The molecule has 0 amide bonds. The number of nitrogens with zero attached hydrogens (tertiary/aromatic N) is 3. The van der Waals surface area contributed by atoms with Gasteiger partial charge in [0.2, 0.25) is 0 Å². The number of hydrogen-bond acceptors (Lipinski definition) is 3. The second-order valence-corrected chi connectivity index (χ2v) is 5.37. The SMILES string of the molecule is CN1CCCn2c(-c3cc(F)c(F)cc3F)nc(C=O)c2C1. The minimum atomic E-state index is -1.25. The number of aldehydes is 1. The van der Waals surface area contributed by atoms with Crippen LogP contribution in [0.2, 0.25) is 0 Å². The molecule has 1 aromatic heterocycles. The molecule has 116 valence electrons. The van der Waals surface area contributed by atoms with Crippen molar-refractivity contribution in [3.8, 4) is 11.4 Å². The minimum absolute atomic E-state index is 0.141. The molecule has 2 aromatic rings. The molecule has 0 radical (unpaired) electrons. The topological polar surface area (TPSA) is 38.1 Å². The van der Waals surface area contributed by atoms with Gasteiger partial charge < -0.3 is 9.47 Å². The fraction of sp³-hybridized carbons (Fsp3) is 0.333. The Hall–Kier alpha value is -2.15. The van der Waals surface area contributed by atoms with Gasteiger partial charge in [0.15, 0.2) is 17.9 Å². The molecule has 7 heteroatoms. The number of hydrogen-bond donors (Lipinski definition) is 0. The molecule has 22 heavy (non-hydrogen) atoms. The number of carbonyl (C=O) groups is 1. The first-order valence-corrected chi connectivity index (χ1v) is 6.89. The van der Waals surface area contributed by atoms with Crippen molar-refractivity contribution in [2.75, 3.05) is 13.6 Å². The quantitative estimate of drug-likeness (QED) is 0.632. The smallest absolute Gasteiger partial charge is 0.170 e. The molecule has 0 atom stereocenters. The first kappa shape index (κ1) is 14.8. The molecular weight excluding hydrogens is 295 g/mol. The molecule has 0 unspecified atom stereocenters. The lowest BCUT2D eigenvalue weighted by Crippen LogP contribution is -2.17. The lowest BCUT2D eigenvalue weighted by Gasteiger charge is -2.12. The van der Waals surface area contributed by atoms with Crippen LogP contribution in [0.1, 0.15) is 22.6 Å². The Morgan fingerprint density at radius 1 is 1.14 bits per heavy atom. The molecule has 0 fully saturated rings. The molecule has 0 spiro atoms. The number of imidazole rings is 1. The van der Waals surface area contributed by atoms with Gasteiger partial charge in [-0.15, -0.1) is 0 Å². The van der Waals surface area contributed by atoms with Crippen LogP contribution in [0.5, 0.6) is 0 Å². The van der Waals surface area contributed by atoms with Gasteiger partial charge in [-0.2, -0.15) is 0 Å². The lowest BCUT2D eigenvalue weighted by molar-refractivity contribution is 0.111. The van der Waals surface area contributed by atoms with E-state index in [1.165, 1.54) is 0 Å². The number of aromatic nitrogens is 2. The fourth-order valence-corrected chi connectivity index (χ4v) is 2.74. The van der Waals surface area contributed by atoms with Crippen molar-refractivity contribution < 1.29 is 18.0 Å². The van der Waals surface area contributed by atoms with Crippen LogP contribution in [0.3, 0.4) is 0 Å². The molecule has 1 aromatic carbocycles. The molecule has 1 aliphatic rings. The van der Waals surface area contributed by atoms with Crippen LogP contribution in [0, 0.1) is 17.5 Å². The van der Waals surface area contributed by atoms with Gasteiger partial charge in [-0.25, -0.2) is 18.2 Å². The largest absolute Gasteiger partial charge is 0.326 e. The molecule has 0 bridgehead atoms. The van der Waals surface area contributed by atoms with Gasteiger partial charge in [0.25, 0.3) is 0 Å². The van der Waals surface area contributed by atoms with Gasteiger partial charge >= 0.3 is 0 Å². The molecular formula is C15H14F3N3O. The van der Waals surface area contributed by atoms with Gasteiger partial charge in [-0.05, 0) is 26.1 Å². The molecule has 0 saturated carbocycles. The highest BCUT2D eigenvalue weighted by molar-refractivity contribution is 5.76. The van der Waals surface area contributed by atoms with Crippen molar-refractivity contribution >= 4 is 6.29 Å². The summed E-state index contributed by atoms with van der Waals surface area (Å²) in [5.74, 6) is -3.14. The summed E-state index contributed by atoms with van der Waals surface area (Å²) in [4.78, 5) is 17.4. The number of halogens is 3. The minimum Gasteiger partial charge on any atom is -0.326 e. The van der Waals surface area contributed by atoms with Crippen LogP contribution in [-0.2, 0) is 13.1 Å². The third kappa shape index (κ3) is 2.41. The van der Waals surface area contributed by atoms with E-state index in [-0.39, 0.29) is 17.1 Å². The summed E-state index contributed by atoms with van der Waals surface area (Å²) < 4.78 is 42.3. The van der Waals surface area contributed by atoms with Crippen molar-refractivity contribution in [3.05, 3.63) is 41.0 Å². The fourth-order valence-electron chi connectivity index (χ4n) is 2.74. The maximum Gasteiger partial charge on any atom is 0.170 e. The number of rotatable bonds is 2. The third-order valence-electron chi connectivity index (χ3n) is 3.81. The zero-order chi connectivity index (χ0) is 15.9.